The van der Waals surface area contributed by atoms with Crippen molar-refractivity contribution in [3.63, 3.8) is 0 Å². The van der Waals surface area contributed by atoms with Gasteiger partial charge in [-0.15, -0.1) is 0 Å². The third kappa shape index (κ3) is 5.53. The lowest BCUT2D eigenvalue weighted by Crippen LogP contribution is -2.54. The predicted molar refractivity (Wildman–Crippen MR) is 122 cm³/mol. The molecular weight excluding hydrogens is 403 g/mol. The molecule has 1 fully saturated rings. The van der Waals surface area contributed by atoms with Gasteiger partial charge in [-0.05, 0) is 54.2 Å². The van der Waals surface area contributed by atoms with Crippen molar-refractivity contribution in [3.05, 3.63) is 69.2 Å². The summed E-state index contributed by atoms with van der Waals surface area (Å²) in [4.78, 5) is 17.3. The zero-order valence-corrected chi connectivity index (χ0v) is 19.0. The van der Waals surface area contributed by atoms with E-state index in [1.807, 2.05) is 35.2 Å². The quantitative estimate of drug-likeness (QED) is 0.576. The first-order valence-corrected chi connectivity index (χ1v) is 11.2. The van der Waals surface area contributed by atoms with Gasteiger partial charge in [0, 0.05) is 42.3 Å². The summed E-state index contributed by atoms with van der Waals surface area (Å²) < 4.78 is 0. The fraction of sp³-hybridized carbons (Fsp3) is 0.458. The monoisotopic (exact) mass is 432 g/mol. The summed E-state index contributed by atoms with van der Waals surface area (Å²) >= 11 is 12.5. The molecule has 0 spiro atoms. The molecule has 1 aliphatic rings. The number of benzene rings is 2. The molecule has 1 saturated heterocycles. The van der Waals surface area contributed by atoms with Gasteiger partial charge in [0.15, 0.2) is 0 Å². The molecule has 3 rings (SSSR count). The zero-order chi connectivity index (χ0) is 21.0. The average Bonchev–Trinajstić information content (AvgIpc) is 2.69. The second-order valence-electron chi connectivity index (χ2n) is 8.09. The van der Waals surface area contributed by atoms with Gasteiger partial charge in [0.1, 0.15) is 0 Å². The van der Waals surface area contributed by atoms with Crippen molar-refractivity contribution in [2.45, 2.75) is 52.1 Å². The Morgan fingerprint density at radius 3 is 2.59 bits per heavy atom. The minimum atomic E-state index is 0.147. The van der Waals surface area contributed by atoms with E-state index in [0.717, 1.165) is 43.2 Å². The zero-order valence-electron chi connectivity index (χ0n) is 17.5. The van der Waals surface area contributed by atoms with E-state index in [0.29, 0.717) is 17.4 Å². The summed E-state index contributed by atoms with van der Waals surface area (Å²) in [7, 11) is 0. The Morgan fingerprint density at radius 1 is 1.14 bits per heavy atom. The number of nitrogens with zero attached hydrogens (tertiary/aromatic N) is 2. The van der Waals surface area contributed by atoms with Crippen molar-refractivity contribution < 1.29 is 4.79 Å². The fourth-order valence-corrected chi connectivity index (χ4v) is 4.50. The van der Waals surface area contributed by atoms with E-state index in [1.54, 1.807) is 0 Å². The molecule has 2 unspecified atom stereocenters. The SMILES string of the molecule is CCC(C)c1ccc(Cl)cc1CN1CCN(C(=O)Cc2ccccc2Cl)C(C)C1. The highest BCUT2D eigenvalue weighted by molar-refractivity contribution is 6.31. The van der Waals surface area contributed by atoms with Gasteiger partial charge in [-0.25, -0.2) is 0 Å². The largest absolute Gasteiger partial charge is 0.337 e. The maximum atomic E-state index is 12.9. The Hall–Kier alpha value is -1.55. The van der Waals surface area contributed by atoms with Gasteiger partial charge in [-0.2, -0.15) is 0 Å². The van der Waals surface area contributed by atoms with Crippen molar-refractivity contribution >= 4 is 29.1 Å². The second kappa shape index (κ2) is 9.97. The summed E-state index contributed by atoms with van der Waals surface area (Å²) in [6, 6.07) is 14.0. The van der Waals surface area contributed by atoms with Crippen LogP contribution in [0.4, 0.5) is 0 Å². The number of hydrogen-bond donors (Lipinski definition) is 0. The van der Waals surface area contributed by atoms with Crippen LogP contribution >= 0.6 is 23.2 Å². The standard InChI is InChI=1S/C24H30Cl2N2O/c1-4-17(2)22-10-9-21(25)13-20(22)16-27-11-12-28(18(3)15-27)24(29)14-19-7-5-6-8-23(19)26/h5-10,13,17-18H,4,11-12,14-16H2,1-3H3. The van der Waals surface area contributed by atoms with Gasteiger partial charge >= 0.3 is 0 Å². The van der Waals surface area contributed by atoms with Crippen LogP contribution in [0.1, 0.15) is 49.8 Å². The molecule has 5 heteroatoms. The van der Waals surface area contributed by atoms with Crippen molar-refractivity contribution in [1.82, 2.24) is 9.80 Å². The summed E-state index contributed by atoms with van der Waals surface area (Å²) in [6.07, 6.45) is 1.46. The van der Waals surface area contributed by atoms with Gasteiger partial charge in [0.2, 0.25) is 5.91 Å². The van der Waals surface area contributed by atoms with E-state index in [4.69, 9.17) is 23.2 Å². The Kier molecular flexibility index (Phi) is 7.61. The molecule has 2 aromatic rings. The molecule has 0 N–H and O–H groups in total. The lowest BCUT2D eigenvalue weighted by molar-refractivity contribution is -0.135. The molecule has 1 heterocycles. The van der Waals surface area contributed by atoms with E-state index >= 15 is 0 Å². The van der Waals surface area contributed by atoms with E-state index in [1.165, 1.54) is 11.1 Å². The molecule has 0 radical (unpaired) electrons. The molecule has 0 aromatic heterocycles. The van der Waals surface area contributed by atoms with Crippen LogP contribution in [0.15, 0.2) is 42.5 Å². The number of halogens is 2. The van der Waals surface area contributed by atoms with Crippen molar-refractivity contribution in [2.24, 2.45) is 0 Å². The number of hydrogen-bond acceptors (Lipinski definition) is 2. The topological polar surface area (TPSA) is 23.6 Å². The van der Waals surface area contributed by atoms with Gasteiger partial charge in [-0.1, -0.05) is 61.3 Å². The third-order valence-corrected chi connectivity index (χ3v) is 6.58. The van der Waals surface area contributed by atoms with Crippen LogP contribution in [0.3, 0.4) is 0 Å². The maximum Gasteiger partial charge on any atom is 0.227 e. The number of rotatable bonds is 6. The molecule has 1 amide bonds. The molecule has 0 aliphatic carbocycles. The van der Waals surface area contributed by atoms with Crippen LogP contribution < -0.4 is 0 Å². The lowest BCUT2D eigenvalue weighted by atomic mass is 9.93. The third-order valence-electron chi connectivity index (χ3n) is 5.97. The molecule has 0 bridgehead atoms. The summed E-state index contributed by atoms with van der Waals surface area (Å²) in [5.41, 5.74) is 3.57. The molecule has 3 nitrogen and oxygen atoms in total. The molecular formula is C24H30Cl2N2O. The smallest absolute Gasteiger partial charge is 0.227 e. The Balaban J connectivity index is 1.64. The van der Waals surface area contributed by atoms with E-state index < -0.39 is 0 Å². The van der Waals surface area contributed by atoms with Crippen LogP contribution in [-0.4, -0.2) is 41.4 Å². The van der Waals surface area contributed by atoms with E-state index in [2.05, 4.69) is 37.8 Å². The minimum absolute atomic E-state index is 0.147. The van der Waals surface area contributed by atoms with Crippen LogP contribution in [0.2, 0.25) is 10.0 Å². The van der Waals surface area contributed by atoms with Crippen molar-refractivity contribution in [3.8, 4) is 0 Å². The second-order valence-corrected chi connectivity index (χ2v) is 8.94. The molecule has 29 heavy (non-hydrogen) atoms. The Labute approximate surface area is 184 Å². The van der Waals surface area contributed by atoms with Crippen molar-refractivity contribution in [1.29, 1.82) is 0 Å². The van der Waals surface area contributed by atoms with Gasteiger partial charge < -0.3 is 4.90 Å². The summed E-state index contributed by atoms with van der Waals surface area (Å²) in [6.45, 7) is 9.95. The van der Waals surface area contributed by atoms with Crippen LogP contribution in [0, 0.1) is 0 Å². The fourth-order valence-electron chi connectivity index (χ4n) is 4.11. The van der Waals surface area contributed by atoms with Gasteiger partial charge in [-0.3, -0.25) is 9.69 Å². The van der Waals surface area contributed by atoms with Gasteiger partial charge in [0.05, 0.1) is 6.42 Å². The number of piperazine rings is 1. The predicted octanol–water partition coefficient (Wildman–Crippen LogP) is 5.78. The first-order valence-electron chi connectivity index (χ1n) is 10.4. The van der Waals surface area contributed by atoms with Crippen LogP contribution in [-0.2, 0) is 17.8 Å². The van der Waals surface area contributed by atoms with E-state index in [9.17, 15) is 4.79 Å². The van der Waals surface area contributed by atoms with Crippen LogP contribution in [0.5, 0.6) is 0 Å². The minimum Gasteiger partial charge on any atom is -0.337 e. The van der Waals surface area contributed by atoms with Crippen molar-refractivity contribution in [2.75, 3.05) is 19.6 Å². The first kappa shape index (κ1) is 22.1. The van der Waals surface area contributed by atoms with Crippen LogP contribution in [0.25, 0.3) is 0 Å². The lowest BCUT2D eigenvalue weighted by Gasteiger charge is -2.40. The molecule has 156 valence electrons. The van der Waals surface area contributed by atoms with E-state index in [-0.39, 0.29) is 11.9 Å². The first-order chi connectivity index (χ1) is 13.9. The molecule has 2 aromatic carbocycles. The summed E-state index contributed by atoms with van der Waals surface area (Å²) in [5, 5.41) is 1.44. The number of amides is 1. The number of carbonyl (C=O) groups is 1. The highest BCUT2D eigenvalue weighted by Crippen LogP contribution is 2.27. The highest BCUT2D eigenvalue weighted by atomic mass is 35.5. The normalized spacial score (nSPS) is 18.7. The average molecular weight is 433 g/mol. The molecule has 0 saturated carbocycles. The number of carbonyl (C=O) groups excluding carboxylic acids is 1. The summed E-state index contributed by atoms with van der Waals surface area (Å²) in [5.74, 6) is 0.659. The highest BCUT2D eigenvalue weighted by Gasteiger charge is 2.28. The molecule has 1 aliphatic heterocycles. The maximum absolute atomic E-state index is 12.9. The Morgan fingerprint density at radius 2 is 1.90 bits per heavy atom. The Bertz CT molecular complexity index is 855. The van der Waals surface area contributed by atoms with Gasteiger partial charge in [0.25, 0.3) is 0 Å². The molecule has 2 atom stereocenters.